The van der Waals surface area contributed by atoms with Crippen LogP contribution in [-0.4, -0.2) is 32.3 Å². The topological polar surface area (TPSA) is 106 Å². The number of fused-ring (bicyclic) bond motifs is 1. The number of hydrogen-bond donors (Lipinski definition) is 2. The van der Waals surface area contributed by atoms with Crippen molar-refractivity contribution in [1.29, 1.82) is 0 Å². The number of hydrogen-bond acceptors (Lipinski definition) is 6. The minimum Gasteiger partial charge on any atom is -0.379 e. The number of imide groups is 1. The Bertz CT molecular complexity index is 881. The van der Waals surface area contributed by atoms with Crippen LogP contribution in [0, 0.1) is 0 Å². The molecule has 8 nitrogen and oxygen atoms in total. The lowest BCUT2D eigenvalue weighted by Gasteiger charge is -2.23. The Morgan fingerprint density at radius 2 is 2.00 bits per heavy atom. The average Bonchev–Trinajstić information content (AvgIpc) is 2.48. The average molecular weight is 329 g/mol. The van der Waals surface area contributed by atoms with E-state index in [1.54, 1.807) is 12.1 Å². The number of carbonyl (C=O) groups is 2. The maximum absolute atomic E-state index is 12.7. The Hall–Kier alpha value is -2.77. The number of carbonyl (C=O) groups excluding carboxylic acids is 2. The van der Waals surface area contributed by atoms with Crippen LogP contribution in [0.2, 0.25) is 0 Å². The molecule has 0 bridgehead atoms. The number of amides is 2. The molecule has 1 unspecified atom stereocenters. The lowest BCUT2D eigenvalue weighted by atomic mass is 10.1. The molecule has 2 amide bonds. The second-order valence-corrected chi connectivity index (χ2v) is 6.88. The molecule has 1 aromatic heterocycles. The molecule has 0 radical (unpaired) electrons. The van der Waals surface area contributed by atoms with Crippen molar-refractivity contribution in [2.45, 2.75) is 45.2 Å². The number of nitrogens with zero attached hydrogens (tertiary/aromatic N) is 3. The van der Waals surface area contributed by atoms with Crippen molar-refractivity contribution in [3.63, 3.8) is 0 Å². The van der Waals surface area contributed by atoms with Crippen molar-refractivity contribution in [3.8, 4) is 0 Å². The molecule has 1 aromatic carbocycles. The normalized spacial score (nSPS) is 18.5. The van der Waals surface area contributed by atoms with Crippen LogP contribution in [0.25, 0.3) is 10.9 Å². The zero-order valence-electron chi connectivity index (χ0n) is 13.8. The lowest BCUT2D eigenvalue weighted by molar-refractivity contribution is -0.136. The van der Waals surface area contributed by atoms with Gasteiger partial charge in [-0.15, -0.1) is 5.10 Å². The van der Waals surface area contributed by atoms with Gasteiger partial charge in [0.1, 0.15) is 11.6 Å². The summed E-state index contributed by atoms with van der Waals surface area (Å²) in [6, 6.07) is 4.43. The molecular weight excluding hydrogens is 310 g/mol. The minimum absolute atomic E-state index is 0.175. The molecule has 3 rings (SSSR count). The lowest BCUT2D eigenvalue weighted by Crippen LogP contribution is -2.45. The van der Waals surface area contributed by atoms with Gasteiger partial charge >= 0.3 is 0 Å². The van der Waals surface area contributed by atoms with Gasteiger partial charge in [0.2, 0.25) is 5.91 Å². The number of anilines is 1. The van der Waals surface area contributed by atoms with Crippen LogP contribution < -0.4 is 16.2 Å². The quantitative estimate of drug-likeness (QED) is 0.796. The van der Waals surface area contributed by atoms with Crippen molar-refractivity contribution in [3.05, 3.63) is 28.6 Å². The summed E-state index contributed by atoms with van der Waals surface area (Å²) in [6.45, 7) is 6.01. The third-order valence-corrected chi connectivity index (χ3v) is 3.73. The summed E-state index contributed by atoms with van der Waals surface area (Å²) in [5.41, 5.74) is 0.571. The molecule has 2 aromatic rings. The van der Waals surface area contributed by atoms with Gasteiger partial charge in [-0.05, 0) is 39.3 Å². The van der Waals surface area contributed by atoms with E-state index in [9.17, 15) is 14.4 Å². The Kier molecular flexibility index (Phi) is 3.82. The van der Waals surface area contributed by atoms with E-state index >= 15 is 0 Å². The molecule has 24 heavy (non-hydrogen) atoms. The summed E-state index contributed by atoms with van der Waals surface area (Å²) >= 11 is 0. The molecule has 1 fully saturated rings. The molecule has 1 aliphatic rings. The highest BCUT2D eigenvalue weighted by molar-refractivity contribution is 5.99. The largest absolute Gasteiger partial charge is 0.379 e. The molecule has 1 saturated heterocycles. The highest BCUT2D eigenvalue weighted by Gasteiger charge is 2.30. The van der Waals surface area contributed by atoms with Crippen LogP contribution in [0.1, 0.15) is 39.7 Å². The molecule has 8 heteroatoms. The maximum atomic E-state index is 12.7. The minimum atomic E-state index is -0.814. The Morgan fingerprint density at radius 1 is 1.25 bits per heavy atom. The Balaban J connectivity index is 2.08. The molecule has 2 N–H and O–H groups in total. The van der Waals surface area contributed by atoms with E-state index in [4.69, 9.17) is 0 Å². The monoisotopic (exact) mass is 329 g/mol. The van der Waals surface area contributed by atoms with Gasteiger partial charge in [0, 0.05) is 12.0 Å². The third-order valence-electron chi connectivity index (χ3n) is 3.73. The Labute approximate surface area is 138 Å². The van der Waals surface area contributed by atoms with E-state index in [0.717, 1.165) is 4.68 Å². The van der Waals surface area contributed by atoms with Crippen LogP contribution in [0.3, 0.4) is 0 Å². The molecule has 0 spiro atoms. The number of nitrogens with one attached hydrogen (secondary N) is 2. The summed E-state index contributed by atoms with van der Waals surface area (Å²) in [5.74, 6) is -0.860. The van der Waals surface area contributed by atoms with Gasteiger partial charge in [-0.2, -0.15) is 4.68 Å². The van der Waals surface area contributed by atoms with Gasteiger partial charge in [-0.3, -0.25) is 19.7 Å². The van der Waals surface area contributed by atoms with Crippen LogP contribution in [0.5, 0.6) is 0 Å². The number of benzene rings is 1. The second kappa shape index (κ2) is 5.70. The van der Waals surface area contributed by atoms with Gasteiger partial charge in [-0.1, -0.05) is 11.3 Å². The predicted molar refractivity (Wildman–Crippen MR) is 88.6 cm³/mol. The van der Waals surface area contributed by atoms with Crippen LogP contribution in [-0.2, 0) is 9.59 Å². The van der Waals surface area contributed by atoms with Crippen molar-refractivity contribution in [1.82, 2.24) is 20.3 Å². The van der Waals surface area contributed by atoms with Gasteiger partial charge in [-0.25, -0.2) is 0 Å². The fourth-order valence-electron chi connectivity index (χ4n) is 2.70. The molecular formula is C16H19N5O3. The summed E-state index contributed by atoms with van der Waals surface area (Å²) in [7, 11) is 0. The van der Waals surface area contributed by atoms with E-state index < -0.39 is 17.5 Å². The zero-order valence-corrected chi connectivity index (χ0v) is 13.8. The number of piperidine rings is 1. The van der Waals surface area contributed by atoms with E-state index in [2.05, 4.69) is 20.9 Å². The van der Waals surface area contributed by atoms with Crippen molar-refractivity contribution in [2.75, 3.05) is 5.32 Å². The standard InChI is InChI=1S/C16H19N5O3/c1-16(2,3)18-10-6-4-5-9-13(10)19-20-21(15(9)24)11-7-8-12(22)17-14(11)23/h4-6,11,18H,7-8H2,1-3H3,(H,17,22,23). The van der Waals surface area contributed by atoms with E-state index in [1.807, 2.05) is 26.8 Å². The first-order valence-electron chi connectivity index (χ1n) is 7.76. The summed E-state index contributed by atoms with van der Waals surface area (Å²) in [6.07, 6.45) is 0.416. The van der Waals surface area contributed by atoms with Crippen molar-refractivity contribution >= 4 is 28.4 Å². The van der Waals surface area contributed by atoms with Crippen LogP contribution >= 0.6 is 0 Å². The maximum Gasteiger partial charge on any atom is 0.278 e. The first-order chi connectivity index (χ1) is 11.3. The predicted octanol–water partition coefficient (Wildman–Crippen LogP) is 0.980. The van der Waals surface area contributed by atoms with Gasteiger partial charge in [0.25, 0.3) is 11.5 Å². The number of aromatic nitrogens is 3. The summed E-state index contributed by atoms with van der Waals surface area (Å²) in [4.78, 5) is 36.0. The Morgan fingerprint density at radius 3 is 2.67 bits per heavy atom. The van der Waals surface area contributed by atoms with E-state index in [1.165, 1.54) is 0 Å². The highest BCUT2D eigenvalue weighted by Crippen LogP contribution is 2.23. The molecule has 126 valence electrons. The van der Waals surface area contributed by atoms with Crippen LogP contribution in [0.4, 0.5) is 5.69 Å². The number of rotatable bonds is 2. The molecule has 1 atom stereocenters. The molecule has 1 aliphatic heterocycles. The van der Waals surface area contributed by atoms with Gasteiger partial charge in [0.15, 0.2) is 0 Å². The fourth-order valence-corrected chi connectivity index (χ4v) is 2.70. The molecule has 0 aliphatic carbocycles. The third kappa shape index (κ3) is 2.99. The van der Waals surface area contributed by atoms with Gasteiger partial charge in [0.05, 0.1) is 11.1 Å². The first kappa shape index (κ1) is 16.1. The van der Waals surface area contributed by atoms with Gasteiger partial charge < -0.3 is 5.32 Å². The summed E-state index contributed by atoms with van der Waals surface area (Å²) in [5, 5.41) is 14.0. The SMILES string of the molecule is CC(C)(C)Nc1cccc2c(=O)n(C3CCC(=O)NC3=O)nnc12. The van der Waals surface area contributed by atoms with E-state index in [-0.39, 0.29) is 24.3 Å². The molecule has 2 heterocycles. The second-order valence-electron chi connectivity index (χ2n) is 6.88. The van der Waals surface area contributed by atoms with Crippen LogP contribution in [0.15, 0.2) is 23.0 Å². The fraction of sp³-hybridized carbons (Fsp3) is 0.438. The van der Waals surface area contributed by atoms with Crippen molar-refractivity contribution < 1.29 is 9.59 Å². The highest BCUT2D eigenvalue weighted by atomic mass is 16.2. The van der Waals surface area contributed by atoms with Crippen molar-refractivity contribution in [2.24, 2.45) is 0 Å². The smallest absolute Gasteiger partial charge is 0.278 e. The van der Waals surface area contributed by atoms with E-state index in [0.29, 0.717) is 16.6 Å². The summed E-state index contributed by atoms with van der Waals surface area (Å²) < 4.78 is 1.06. The zero-order chi connectivity index (χ0) is 17.5. The first-order valence-corrected chi connectivity index (χ1v) is 7.76. The molecule has 0 saturated carbocycles.